The molecule has 0 radical (unpaired) electrons. The van der Waals surface area contributed by atoms with Crippen molar-refractivity contribution in [2.75, 3.05) is 0 Å². The molecule has 2 aromatic rings. The highest BCUT2D eigenvalue weighted by Crippen LogP contribution is 2.35. The Hall–Kier alpha value is -1.27. The van der Waals surface area contributed by atoms with Crippen LogP contribution in [0.25, 0.3) is 0 Å². The predicted octanol–water partition coefficient (Wildman–Crippen LogP) is 5.06. The zero-order valence-corrected chi connectivity index (χ0v) is 11.0. The summed E-state index contributed by atoms with van der Waals surface area (Å²) in [4.78, 5) is 0. The average molecular weight is 245 g/mol. The van der Waals surface area contributed by atoms with Gasteiger partial charge in [-0.15, -0.1) is 0 Å². The minimum atomic E-state index is 0.0339. The summed E-state index contributed by atoms with van der Waals surface area (Å²) in [5, 5.41) is 0.804. The summed E-state index contributed by atoms with van der Waals surface area (Å²) in [7, 11) is 0. The van der Waals surface area contributed by atoms with E-state index in [4.69, 9.17) is 11.6 Å². The van der Waals surface area contributed by atoms with Crippen LogP contribution in [0.1, 0.15) is 31.4 Å². The van der Waals surface area contributed by atoms with E-state index in [2.05, 4.69) is 56.3 Å². The predicted molar refractivity (Wildman–Crippen MR) is 74.6 cm³/mol. The van der Waals surface area contributed by atoms with Gasteiger partial charge < -0.3 is 0 Å². The van der Waals surface area contributed by atoms with E-state index in [1.165, 1.54) is 11.1 Å². The summed E-state index contributed by atoms with van der Waals surface area (Å²) in [5.41, 5.74) is 2.65. The van der Waals surface area contributed by atoms with Gasteiger partial charge in [0.15, 0.2) is 0 Å². The Morgan fingerprint density at radius 1 is 0.941 bits per heavy atom. The maximum Gasteiger partial charge on any atom is 0.0409 e. The number of rotatable bonds is 3. The Kier molecular flexibility index (Phi) is 3.54. The largest absolute Gasteiger partial charge is 0.0843 e. The van der Waals surface area contributed by atoms with E-state index in [0.29, 0.717) is 0 Å². The van der Waals surface area contributed by atoms with E-state index >= 15 is 0 Å². The molecule has 17 heavy (non-hydrogen) atoms. The molecule has 88 valence electrons. The molecule has 0 heterocycles. The molecule has 0 saturated heterocycles. The third-order valence-corrected chi connectivity index (χ3v) is 3.81. The van der Waals surface area contributed by atoms with Gasteiger partial charge in [-0.1, -0.05) is 67.9 Å². The second-order valence-corrected chi connectivity index (χ2v) is 5.00. The van der Waals surface area contributed by atoms with Crippen LogP contribution in [-0.4, -0.2) is 0 Å². The van der Waals surface area contributed by atoms with Crippen LogP contribution in [0.15, 0.2) is 54.6 Å². The lowest BCUT2D eigenvalue weighted by Crippen LogP contribution is -2.22. The third kappa shape index (κ3) is 2.37. The highest BCUT2D eigenvalue weighted by Gasteiger charge is 2.26. The molecular weight excluding hydrogens is 228 g/mol. The zero-order valence-electron chi connectivity index (χ0n) is 10.3. The molecule has 1 unspecified atom stereocenters. The third-order valence-electron chi connectivity index (χ3n) is 3.58. The molecule has 0 bridgehead atoms. The van der Waals surface area contributed by atoms with E-state index in [0.717, 1.165) is 11.4 Å². The topological polar surface area (TPSA) is 0 Å². The van der Waals surface area contributed by atoms with Crippen molar-refractivity contribution in [3.8, 4) is 0 Å². The summed E-state index contributed by atoms with van der Waals surface area (Å²) >= 11 is 6.10. The van der Waals surface area contributed by atoms with Crippen LogP contribution < -0.4 is 0 Å². The van der Waals surface area contributed by atoms with Gasteiger partial charge in [0.05, 0.1) is 0 Å². The number of hydrogen-bond acceptors (Lipinski definition) is 0. The first-order valence-electron chi connectivity index (χ1n) is 5.98. The highest BCUT2D eigenvalue weighted by atomic mass is 35.5. The minimum absolute atomic E-state index is 0.0339. The van der Waals surface area contributed by atoms with E-state index in [-0.39, 0.29) is 5.41 Å². The molecule has 1 atom stereocenters. The van der Waals surface area contributed by atoms with Crippen LogP contribution in [0.3, 0.4) is 0 Å². The Balaban J connectivity index is 2.52. The molecule has 0 spiro atoms. The molecule has 0 aromatic heterocycles. The second kappa shape index (κ2) is 4.93. The van der Waals surface area contributed by atoms with Gasteiger partial charge in [0.1, 0.15) is 0 Å². The first kappa shape index (κ1) is 12.2. The first-order chi connectivity index (χ1) is 8.16. The molecule has 0 aliphatic rings. The quantitative estimate of drug-likeness (QED) is 0.708. The molecule has 1 heteroatoms. The van der Waals surface area contributed by atoms with Crippen LogP contribution in [-0.2, 0) is 5.41 Å². The van der Waals surface area contributed by atoms with E-state index < -0.39 is 0 Å². The van der Waals surface area contributed by atoms with Crippen molar-refractivity contribution in [3.05, 3.63) is 70.7 Å². The fraction of sp³-hybridized carbons (Fsp3) is 0.250. The monoisotopic (exact) mass is 244 g/mol. The lowest BCUT2D eigenvalue weighted by atomic mass is 9.74. The fourth-order valence-electron chi connectivity index (χ4n) is 2.21. The number of benzene rings is 2. The zero-order chi connectivity index (χ0) is 12.3. The van der Waals surface area contributed by atoms with Crippen molar-refractivity contribution in [2.24, 2.45) is 0 Å². The first-order valence-corrected chi connectivity index (χ1v) is 6.36. The summed E-state index contributed by atoms with van der Waals surface area (Å²) < 4.78 is 0. The minimum Gasteiger partial charge on any atom is -0.0843 e. The van der Waals surface area contributed by atoms with E-state index in [1.54, 1.807) is 0 Å². The van der Waals surface area contributed by atoms with Crippen LogP contribution in [0.4, 0.5) is 0 Å². The maximum atomic E-state index is 6.10. The lowest BCUT2D eigenvalue weighted by molar-refractivity contribution is 0.550. The second-order valence-electron chi connectivity index (χ2n) is 4.56. The summed E-state index contributed by atoms with van der Waals surface area (Å²) in [6.07, 6.45) is 1.05. The Bertz CT molecular complexity index is 490. The van der Waals surface area contributed by atoms with Gasteiger partial charge in [0, 0.05) is 10.4 Å². The van der Waals surface area contributed by atoms with Gasteiger partial charge >= 0.3 is 0 Å². The van der Waals surface area contributed by atoms with Crippen molar-refractivity contribution in [1.29, 1.82) is 0 Å². The molecule has 0 saturated carbocycles. The van der Waals surface area contributed by atoms with Gasteiger partial charge in [-0.2, -0.15) is 0 Å². The van der Waals surface area contributed by atoms with Crippen molar-refractivity contribution in [2.45, 2.75) is 25.7 Å². The molecule has 0 aliphatic heterocycles. The van der Waals surface area contributed by atoms with Crippen LogP contribution in [0.2, 0.25) is 5.02 Å². The summed E-state index contributed by atoms with van der Waals surface area (Å²) in [6.45, 7) is 4.49. The smallest absolute Gasteiger partial charge is 0.0409 e. The summed E-state index contributed by atoms with van der Waals surface area (Å²) in [5.74, 6) is 0. The Morgan fingerprint density at radius 2 is 1.59 bits per heavy atom. The van der Waals surface area contributed by atoms with Crippen LogP contribution in [0, 0.1) is 0 Å². The van der Waals surface area contributed by atoms with Gasteiger partial charge in [0.2, 0.25) is 0 Å². The van der Waals surface area contributed by atoms with Crippen LogP contribution in [0.5, 0.6) is 0 Å². The molecule has 0 nitrogen and oxygen atoms in total. The van der Waals surface area contributed by atoms with Gasteiger partial charge in [0.25, 0.3) is 0 Å². The molecule has 2 aromatic carbocycles. The lowest BCUT2D eigenvalue weighted by Gasteiger charge is -2.29. The van der Waals surface area contributed by atoms with Crippen molar-refractivity contribution < 1.29 is 0 Å². The standard InChI is InChI=1S/C16H17Cl/c1-3-16(2,13-8-5-4-6-9-13)14-10-7-11-15(17)12-14/h4-12H,3H2,1-2H3. The van der Waals surface area contributed by atoms with Gasteiger partial charge in [-0.25, -0.2) is 0 Å². The highest BCUT2D eigenvalue weighted by molar-refractivity contribution is 6.30. The average Bonchev–Trinajstić information content (AvgIpc) is 2.39. The number of hydrogen-bond donors (Lipinski definition) is 0. The van der Waals surface area contributed by atoms with E-state index in [1.807, 2.05) is 12.1 Å². The molecule has 0 amide bonds. The van der Waals surface area contributed by atoms with Crippen molar-refractivity contribution >= 4 is 11.6 Å². The SMILES string of the molecule is CCC(C)(c1ccccc1)c1cccc(Cl)c1. The molecule has 2 rings (SSSR count). The maximum absolute atomic E-state index is 6.10. The van der Waals surface area contributed by atoms with Gasteiger partial charge in [-0.3, -0.25) is 0 Å². The summed E-state index contributed by atoms with van der Waals surface area (Å²) in [6, 6.07) is 18.8. The normalized spacial score (nSPS) is 14.3. The molecule has 0 aliphatic carbocycles. The van der Waals surface area contributed by atoms with Crippen LogP contribution >= 0.6 is 11.6 Å². The molecular formula is C16H17Cl. The van der Waals surface area contributed by atoms with Crippen molar-refractivity contribution in [1.82, 2.24) is 0 Å². The van der Waals surface area contributed by atoms with E-state index in [9.17, 15) is 0 Å². The number of halogens is 1. The molecule has 0 N–H and O–H groups in total. The Morgan fingerprint density at radius 3 is 2.18 bits per heavy atom. The Labute approximate surface area is 108 Å². The van der Waals surface area contributed by atoms with Crippen molar-refractivity contribution in [3.63, 3.8) is 0 Å². The van der Waals surface area contributed by atoms with Gasteiger partial charge in [-0.05, 0) is 29.7 Å². The fourth-order valence-corrected chi connectivity index (χ4v) is 2.40. The molecule has 0 fully saturated rings.